The third kappa shape index (κ3) is 19.9. The van der Waals surface area contributed by atoms with E-state index in [1.807, 2.05) is 0 Å². The molecule has 0 aromatic carbocycles. The van der Waals surface area contributed by atoms with Crippen LogP contribution in [0, 0.1) is 0 Å². The van der Waals surface area contributed by atoms with Gasteiger partial charge in [0.25, 0.3) is 0 Å². The van der Waals surface area contributed by atoms with Crippen molar-refractivity contribution in [3.63, 3.8) is 0 Å². The highest BCUT2D eigenvalue weighted by Gasteiger charge is 2.20. The monoisotopic (exact) mass is 394 g/mol. The van der Waals surface area contributed by atoms with Gasteiger partial charge in [0.1, 0.15) is 6.61 Å². The number of unbranched alkanes of at least 4 members (excludes halogenated alkanes) is 12. The lowest BCUT2D eigenvalue weighted by atomic mass is 10.0. The van der Waals surface area contributed by atoms with Crippen LogP contribution in [0.1, 0.15) is 96.8 Å². The van der Waals surface area contributed by atoms with Crippen LogP contribution >= 0.6 is 7.60 Å². The van der Waals surface area contributed by atoms with Crippen LogP contribution in [0.25, 0.3) is 0 Å². The highest BCUT2D eigenvalue weighted by atomic mass is 31.2. The molecule has 0 aliphatic rings. The maximum Gasteiger partial charge on any atom is 0.328 e. The second-order valence-corrected chi connectivity index (χ2v) is 8.87. The highest BCUT2D eigenvalue weighted by Crippen LogP contribution is 2.34. The minimum Gasteiger partial charge on any atom is -0.463 e. The summed E-state index contributed by atoms with van der Waals surface area (Å²) >= 11 is 0. The van der Waals surface area contributed by atoms with Crippen LogP contribution in [0.3, 0.4) is 0 Å². The fraction of sp³-hybridized carbons (Fsp3) is 0.947. The summed E-state index contributed by atoms with van der Waals surface area (Å²) in [6.45, 7) is 1.88. The zero-order valence-corrected chi connectivity index (χ0v) is 17.3. The number of rotatable bonds is 18. The number of carbonyl (C=O) groups excluding carboxylic acids is 1. The molecule has 7 heteroatoms. The molecule has 3 N–H and O–H groups in total. The van der Waals surface area contributed by atoms with Gasteiger partial charge in [0.05, 0.1) is 12.3 Å². The second-order valence-electron chi connectivity index (χ2n) is 7.18. The Kier molecular flexibility index (Phi) is 16.5. The Bertz CT molecular complexity index is 382. The van der Waals surface area contributed by atoms with Gasteiger partial charge in [-0.05, 0) is 6.42 Å². The van der Waals surface area contributed by atoms with Gasteiger partial charge in [-0.2, -0.15) is 0 Å². The van der Waals surface area contributed by atoms with Crippen LogP contribution in [0.2, 0.25) is 0 Å². The van der Waals surface area contributed by atoms with E-state index in [1.54, 1.807) is 0 Å². The lowest BCUT2D eigenvalue weighted by Crippen LogP contribution is -2.22. The molecule has 0 heterocycles. The maximum absolute atomic E-state index is 11.5. The molecule has 0 aromatic rings. The fourth-order valence-electron chi connectivity index (χ4n) is 2.88. The summed E-state index contributed by atoms with van der Waals surface area (Å²) in [6, 6.07) is 0. The Morgan fingerprint density at radius 2 is 1.27 bits per heavy atom. The molecule has 0 bridgehead atoms. The predicted molar refractivity (Wildman–Crippen MR) is 104 cm³/mol. The molecule has 0 saturated carbocycles. The van der Waals surface area contributed by atoms with Crippen molar-refractivity contribution in [2.24, 2.45) is 0 Å². The molecule has 0 radical (unpaired) electrons. The number of hydrogen-bond acceptors (Lipinski definition) is 4. The topological polar surface area (TPSA) is 104 Å². The highest BCUT2D eigenvalue weighted by molar-refractivity contribution is 7.51. The molecule has 0 spiro atoms. The lowest BCUT2D eigenvalue weighted by Gasteiger charge is -2.12. The molecule has 26 heavy (non-hydrogen) atoms. The van der Waals surface area contributed by atoms with Crippen LogP contribution in [0.5, 0.6) is 0 Å². The fourth-order valence-corrected chi connectivity index (χ4v) is 3.53. The number of aliphatic hydroxyl groups excluding tert-OH is 1. The smallest absolute Gasteiger partial charge is 0.328 e. The number of ether oxygens (including phenoxy) is 1. The van der Waals surface area contributed by atoms with Gasteiger partial charge in [-0.1, -0.05) is 84.0 Å². The molecular weight excluding hydrogens is 355 g/mol. The minimum absolute atomic E-state index is 0.292. The molecule has 156 valence electrons. The summed E-state index contributed by atoms with van der Waals surface area (Å²) in [5, 5.41) is 9.35. The van der Waals surface area contributed by atoms with Gasteiger partial charge < -0.3 is 19.6 Å². The van der Waals surface area contributed by atoms with Crippen molar-refractivity contribution < 1.29 is 29.0 Å². The third-order valence-electron chi connectivity index (χ3n) is 4.37. The van der Waals surface area contributed by atoms with Crippen molar-refractivity contribution in [1.82, 2.24) is 0 Å². The third-order valence-corrected chi connectivity index (χ3v) is 5.27. The summed E-state index contributed by atoms with van der Waals surface area (Å²) in [6.07, 6.45) is 14.4. The van der Waals surface area contributed by atoms with Crippen molar-refractivity contribution in [1.29, 1.82) is 0 Å². The van der Waals surface area contributed by atoms with Crippen molar-refractivity contribution in [2.75, 3.05) is 12.8 Å². The van der Waals surface area contributed by atoms with E-state index in [0.29, 0.717) is 6.42 Å². The Balaban J connectivity index is 3.32. The Hall–Kier alpha value is -0.420. The average Bonchev–Trinajstić information content (AvgIpc) is 2.55. The van der Waals surface area contributed by atoms with Crippen LogP contribution in [0.15, 0.2) is 0 Å². The van der Waals surface area contributed by atoms with Crippen molar-refractivity contribution in [3.8, 4) is 0 Å². The summed E-state index contributed by atoms with van der Waals surface area (Å²) < 4.78 is 15.5. The quantitative estimate of drug-likeness (QED) is 0.179. The van der Waals surface area contributed by atoms with E-state index < -0.39 is 25.8 Å². The Labute approximate surface area is 158 Å². The largest absolute Gasteiger partial charge is 0.463 e. The zero-order chi connectivity index (χ0) is 19.7. The molecule has 0 saturated heterocycles. The van der Waals surface area contributed by atoms with E-state index >= 15 is 0 Å². The summed E-state index contributed by atoms with van der Waals surface area (Å²) in [7, 11) is -4.27. The molecule has 0 aliphatic heterocycles. The first kappa shape index (κ1) is 25.6. The normalized spacial score (nSPS) is 12.9. The van der Waals surface area contributed by atoms with Crippen molar-refractivity contribution in [2.45, 2.75) is 103 Å². The number of aliphatic hydroxyl groups is 1. The number of carbonyl (C=O) groups is 1. The molecule has 1 atom stereocenters. The first-order chi connectivity index (χ1) is 12.3. The van der Waals surface area contributed by atoms with Crippen molar-refractivity contribution >= 4 is 13.6 Å². The number of esters is 1. The van der Waals surface area contributed by atoms with Crippen LogP contribution in [-0.2, 0) is 14.1 Å². The van der Waals surface area contributed by atoms with Crippen LogP contribution in [-0.4, -0.2) is 39.7 Å². The zero-order valence-electron chi connectivity index (χ0n) is 16.4. The van der Waals surface area contributed by atoms with Crippen LogP contribution < -0.4 is 0 Å². The van der Waals surface area contributed by atoms with Gasteiger partial charge in [-0.15, -0.1) is 0 Å². The molecule has 0 amide bonds. The first-order valence-corrected chi connectivity index (χ1v) is 12.0. The predicted octanol–water partition coefficient (Wildman–Crippen LogP) is 4.55. The number of hydrogen-bond donors (Lipinski definition) is 3. The Morgan fingerprint density at radius 1 is 0.846 bits per heavy atom. The average molecular weight is 394 g/mol. The van der Waals surface area contributed by atoms with E-state index in [1.165, 1.54) is 64.2 Å². The van der Waals surface area contributed by atoms with E-state index in [-0.39, 0.29) is 6.61 Å². The molecule has 0 fully saturated rings. The molecule has 0 rings (SSSR count). The lowest BCUT2D eigenvalue weighted by molar-refractivity contribution is -0.146. The minimum atomic E-state index is -4.27. The van der Waals surface area contributed by atoms with E-state index in [0.717, 1.165) is 19.3 Å². The standard InChI is InChI=1S/C19H39O6P/c1-2-3-4-5-6-7-8-9-10-11-12-13-14-15-19(21)25-16-18(20)17-26(22,23)24/h18,20H,2-17H2,1H3,(H2,22,23,24). The molecule has 0 aliphatic carbocycles. The summed E-state index contributed by atoms with van der Waals surface area (Å²) in [5.41, 5.74) is 0. The molecule has 1 unspecified atom stereocenters. The second kappa shape index (κ2) is 16.7. The first-order valence-electron chi connectivity index (χ1n) is 10.2. The van der Waals surface area contributed by atoms with Gasteiger partial charge in [-0.25, -0.2) is 0 Å². The van der Waals surface area contributed by atoms with Gasteiger partial charge in [0.15, 0.2) is 0 Å². The van der Waals surface area contributed by atoms with E-state index in [4.69, 9.17) is 14.5 Å². The SMILES string of the molecule is CCCCCCCCCCCCCCCC(=O)OCC(O)CP(=O)(O)O. The van der Waals surface area contributed by atoms with Crippen LogP contribution in [0.4, 0.5) is 0 Å². The maximum atomic E-state index is 11.5. The van der Waals surface area contributed by atoms with Gasteiger partial charge in [0, 0.05) is 6.42 Å². The summed E-state index contributed by atoms with van der Waals surface area (Å²) in [5.74, 6) is -0.419. The van der Waals surface area contributed by atoms with E-state index in [2.05, 4.69) is 6.92 Å². The van der Waals surface area contributed by atoms with Gasteiger partial charge in [0.2, 0.25) is 0 Å². The van der Waals surface area contributed by atoms with Gasteiger partial charge in [-0.3, -0.25) is 9.36 Å². The van der Waals surface area contributed by atoms with Gasteiger partial charge >= 0.3 is 13.6 Å². The molecule has 6 nitrogen and oxygen atoms in total. The Morgan fingerprint density at radius 3 is 1.69 bits per heavy atom. The molecule has 0 aromatic heterocycles. The summed E-state index contributed by atoms with van der Waals surface area (Å²) in [4.78, 5) is 28.9. The van der Waals surface area contributed by atoms with Crippen molar-refractivity contribution in [3.05, 3.63) is 0 Å². The van der Waals surface area contributed by atoms with E-state index in [9.17, 15) is 14.5 Å². The molecular formula is C19H39O6P.